The van der Waals surface area contributed by atoms with Gasteiger partial charge in [-0.3, -0.25) is 14.4 Å². The van der Waals surface area contributed by atoms with Gasteiger partial charge in [0.1, 0.15) is 10.7 Å². The number of Topliss-reactive ketones (excluding diaryl/α,β-unsaturated/α-hetero) is 1. The third-order valence-corrected chi connectivity index (χ3v) is 6.95. The van der Waals surface area contributed by atoms with Crippen molar-refractivity contribution in [2.75, 3.05) is 0 Å². The minimum Gasteiger partial charge on any atom is -0.454 e. The van der Waals surface area contributed by atoms with E-state index in [2.05, 4.69) is 9.97 Å². The van der Waals surface area contributed by atoms with Crippen LogP contribution >= 0.6 is 11.3 Å². The Morgan fingerprint density at radius 2 is 1.94 bits per heavy atom. The zero-order valence-electron chi connectivity index (χ0n) is 17.8. The van der Waals surface area contributed by atoms with Gasteiger partial charge in [-0.1, -0.05) is 31.2 Å². The number of aryl methyl sites for hydroxylation is 4. The van der Waals surface area contributed by atoms with Gasteiger partial charge < -0.3 is 9.72 Å². The molecule has 0 fully saturated rings. The molecule has 2 aromatic heterocycles. The molecular weight excluding hydrogens is 412 g/mol. The van der Waals surface area contributed by atoms with Gasteiger partial charge in [-0.15, -0.1) is 11.3 Å². The largest absolute Gasteiger partial charge is 0.454 e. The molecule has 1 atom stereocenters. The maximum absolute atomic E-state index is 12.6. The van der Waals surface area contributed by atoms with E-state index in [4.69, 9.17) is 4.74 Å². The molecule has 1 N–H and O–H groups in total. The highest BCUT2D eigenvalue weighted by Crippen LogP contribution is 2.33. The Labute approximate surface area is 184 Å². The summed E-state index contributed by atoms with van der Waals surface area (Å²) in [5.41, 5.74) is 2.68. The summed E-state index contributed by atoms with van der Waals surface area (Å²) in [5, 5.41) is 0.708. The van der Waals surface area contributed by atoms with E-state index in [1.54, 1.807) is 30.4 Å². The van der Waals surface area contributed by atoms with Crippen LogP contribution in [0, 0.1) is 0 Å². The first-order valence-corrected chi connectivity index (χ1v) is 11.6. The molecule has 162 valence electrons. The number of nitrogens with one attached hydrogen (secondary N) is 1. The normalized spacial score (nSPS) is 14.3. The van der Waals surface area contributed by atoms with E-state index in [1.165, 1.54) is 4.88 Å². The molecule has 2 heterocycles. The number of fused-ring (bicyclic) bond motifs is 3. The van der Waals surface area contributed by atoms with Gasteiger partial charge in [0.2, 0.25) is 5.78 Å². The Bertz CT molecular complexity index is 1180. The monoisotopic (exact) mass is 438 g/mol. The average molecular weight is 439 g/mol. The van der Waals surface area contributed by atoms with Crippen molar-refractivity contribution in [1.29, 1.82) is 0 Å². The third kappa shape index (κ3) is 4.61. The molecule has 7 heteroatoms. The number of H-pyrrole nitrogens is 1. The fourth-order valence-electron chi connectivity index (χ4n) is 4.00. The third-order valence-electron chi connectivity index (χ3n) is 5.76. The summed E-state index contributed by atoms with van der Waals surface area (Å²) in [6, 6.07) is 7.33. The first-order chi connectivity index (χ1) is 15.0. The van der Waals surface area contributed by atoms with Crippen LogP contribution in [0.25, 0.3) is 10.2 Å². The number of nitrogens with zero attached hydrogens (tertiary/aromatic N) is 1. The van der Waals surface area contributed by atoms with Crippen LogP contribution in [0.5, 0.6) is 0 Å². The van der Waals surface area contributed by atoms with Crippen LogP contribution in [0.4, 0.5) is 0 Å². The summed E-state index contributed by atoms with van der Waals surface area (Å²) >= 11 is 1.59. The maximum Gasteiger partial charge on any atom is 0.306 e. The summed E-state index contributed by atoms with van der Waals surface area (Å²) in [6.07, 6.45) is 4.53. The zero-order chi connectivity index (χ0) is 22.0. The number of rotatable bonds is 7. The molecular formula is C24H26N2O4S. The van der Waals surface area contributed by atoms with Gasteiger partial charge in [-0.2, -0.15) is 0 Å². The van der Waals surface area contributed by atoms with E-state index in [0.717, 1.165) is 48.1 Å². The molecule has 31 heavy (non-hydrogen) atoms. The smallest absolute Gasteiger partial charge is 0.306 e. The lowest BCUT2D eigenvalue weighted by atomic mass is 9.97. The molecule has 1 aliphatic carbocycles. The minimum atomic E-state index is -0.863. The Kier molecular flexibility index (Phi) is 6.32. The van der Waals surface area contributed by atoms with Crippen molar-refractivity contribution in [1.82, 2.24) is 9.97 Å². The van der Waals surface area contributed by atoms with E-state index < -0.39 is 12.1 Å². The van der Waals surface area contributed by atoms with Crippen molar-refractivity contribution >= 4 is 33.3 Å². The SMILES string of the molecule is CCc1ccc(C(=O)C(C)OC(=O)CCc2nc3sc4c(c3c(=O)[nH]2)CCCC4)cc1. The number of ether oxygens (including phenoxy) is 1. The second kappa shape index (κ2) is 9.14. The lowest BCUT2D eigenvalue weighted by molar-refractivity contribution is -0.146. The van der Waals surface area contributed by atoms with E-state index in [1.807, 2.05) is 19.1 Å². The molecule has 1 aromatic carbocycles. The fraction of sp³-hybridized carbons (Fsp3) is 0.417. The van der Waals surface area contributed by atoms with E-state index in [9.17, 15) is 14.4 Å². The number of ketones is 1. The molecule has 0 aliphatic heterocycles. The topological polar surface area (TPSA) is 89.1 Å². The van der Waals surface area contributed by atoms with Crippen molar-refractivity contribution < 1.29 is 14.3 Å². The Morgan fingerprint density at radius 3 is 2.68 bits per heavy atom. The van der Waals surface area contributed by atoms with Crippen LogP contribution in [0.3, 0.4) is 0 Å². The summed E-state index contributed by atoms with van der Waals surface area (Å²) in [7, 11) is 0. The molecule has 1 unspecified atom stereocenters. The molecule has 0 saturated heterocycles. The van der Waals surface area contributed by atoms with Crippen LogP contribution < -0.4 is 5.56 Å². The highest BCUT2D eigenvalue weighted by Gasteiger charge is 2.21. The van der Waals surface area contributed by atoms with Crippen molar-refractivity contribution in [2.45, 2.75) is 64.9 Å². The van der Waals surface area contributed by atoms with Gasteiger partial charge in [-0.25, -0.2) is 4.98 Å². The number of hydrogen-bond donors (Lipinski definition) is 1. The van der Waals surface area contributed by atoms with Crippen LogP contribution in [0.2, 0.25) is 0 Å². The maximum atomic E-state index is 12.6. The number of benzene rings is 1. The second-order valence-corrected chi connectivity index (χ2v) is 9.03. The van der Waals surface area contributed by atoms with Crippen molar-refractivity contribution in [3.05, 3.63) is 62.0 Å². The van der Waals surface area contributed by atoms with Gasteiger partial charge in [0.05, 0.1) is 11.8 Å². The number of esters is 1. The van der Waals surface area contributed by atoms with E-state index >= 15 is 0 Å². The lowest BCUT2D eigenvalue weighted by Gasteiger charge is -2.12. The standard InChI is InChI=1S/C24H26N2O4S/c1-3-15-8-10-16(11-9-15)22(28)14(2)30-20(27)13-12-19-25-23(29)21-17-6-4-5-7-18(17)31-24(21)26-19/h8-11,14H,3-7,12-13H2,1-2H3,(H,25,26,29). The van der Waals surface area contributed by atoms with Crippen LogP contribution in [0.1, 0.15) is 65.3 Å². The Balaban J connectivity index is 1.38. The highest BCUT2D eigenvalue weighted by molar-refractivity contribution is 7.18. The van der Waals surface area contributed by atoms with Crippen molar-refractivity contribution in [2.24, 2.45) is 0 Å². The number of thiophene rings is 1. The van der Waals surface area contributed by atoms with Gasteiger partial charge in [0.25, 0.3) is 5.56 Å². The minimum absolute atomic E-state index is 0.0475. The van der Waals surface area contributed by atoms with Crippen LogP contribution in [-0.4, -0.2) is 27.8 Å². The lowest BCUT2D eigenvalue weighted by Crippen LogP contribution is -2.25. The molecule has 1 aliphatic rings. The average Bonchev–Trinajstić information content (AvgIpc) is 3.16. The molecule has 0 spiro atoms. The highest BCUT2D eigenvalue weighted by atomic mass is 32.1. The predicted molar refractivity (Wildman–Crippen MR) is 121 cm³/mol. The summed E-state index contributed by atoms with van der Waals surface area (Å²) in [4.78, 5) is 46.8. The van der Waals surface area contributed by atoms with Gasteiger partial charge in [0.15, 0.2) is 6.10 Å². The van der Waals surface area contributed by atoms with E-state index in [-0.39, 0.29) is 24.2 Å². The van der Waals surface area contributed by atoms with Crippen molar-refractivity contribution in [3.8, 4) is 0 Å². The molecule has 4 rings (SSSR count). The molecule has 0 amide bonds. The van der Waals surface area contributed by atoms with Crippen LogP contribution in [-0.2, 0) is 35.2 Å². The van der Waals surface area contributed by atoms with Gasteiger partial charge in [0, 0.05) is 16.9 Å². The molecule has 0 bridgehead atoms. The predicted octanol–water partition coefficient (Wildman–Crippen LogP) is 4.17. The Hall–Kier alpha value is -2.80. The molecule has 6 nitrogen and oxygen atoms in total. The van der Waals surface area contributed by atoms with Crippen molar-refractivity contribution in [3.63, 3.8) is 0 Å². The first kappa shape index (κ1) is 21.4. The summed E-state index contributed by atoms with van der Waals surface area (Å²) < 4.78 is 5.32. The number of carbonyl (C=O) groups is 2. The summed E-state index contributed by atoms with van der Waals surface area (Å²) in [5.74, 6) is -0.241. The molecule has 3 aromatic rings. The zero-order valence-corrected chi connectivity index (χ0v) is 18.6. The molecule has 0 radical (unpaired) electrons. The second-order valence-electron chi connectivity index (χ2n) is 7.95. The number of carbonyl (C=O) groups excluding carboxylic acids is 2. The van der Waals surface area contributed by atoms with E-state index in [0.29, 0.717) is 16.8 Å². The summed E-state index contributed by atoms with van der Waals surface area (Å²) in [6.45, 7) is 3.63. The number of aromatic nitrogens is 2. The Morgan fingerprint density at radius 1 is 1.19 bits per heavy atom. The molecule has 0 saturated carbocycles. The van der Waals surface area contributed by atoms with Gasteiger partial charge in [-0.05, 0) is 50.2 Å². The fourth-order valence-corrected chi connectivity index (χ4v) is 5.28. The number of aromatic amines is 1. The number of hydrogen-bond acceptors (Lipinski definition) is 6. The quantitative estimate of drug-likeness (QED) is 0.442. The van der Waals surface area contributed by atoms with Gasteiger partial charge >= 0.3 is 5.97 Å². The first-order valence-electron chi connectivity index (χ1n) is 10.8. The van der Waals surface area contributed by atoms with Crippen LogP contribution in [0.15, 0.2) is 29.1 Å².